The van der Waals surface area contributed by atoms with Crippen molar-refractivity contribution in [2.45, 2.75) is 18.2 Å². The summed E-state index contributed by atoms with van der Waals surface area (Å²) in [4.78, 5) is 13.5. The fourth-order valence-electron chi connectivity index (χ4n) is 2.22. The van der Waals surface area contributed by atoms with Crippen LogP contribution in [-0.2, 0) is 20.4 Å². The molecule has 1 aliphatic rings. The van der Waals surface area contributed by atoms with Gasteiger partial charge in [-0.1, -0.05) is 28.1 Å². The van der Waals surface area contributed by atoms with Crippen molar-refractivity contribution >= 4 is 44.1 Å². The lowest BCUT2D eigenvalue weighted by molar-refractivity contribution is -0.127. The van der Waals surface area contributed by atoms with Crippen LogP contribution >= 0.6 is 28.3 Å². The molecular weight excluding hydrogens is 380 g/mol. The Morgan fingerprint density at radius 1 is 1.43 bits per heavy atom. The zero-order chi connectivity index (χ0) is 14.8. The predicted octanol–water partition coefficient (Wildman–Crippen LogP) is 1.35. The van der Waals surface area contributed by atoms with Crippen molar-refractivity contribution in [3.8, 4) is 0 Å². The summed E-state index contributed by atoms with van der Waals surface area (Å²) in [6.07, 6.45) is 0.734. The monoisotopic (exact) mass is 396 g/mol. The molecule has 2 rings (SSSR count). The minimum absolute atomic E-state index is 0. The Morgan fingerprint density at radius 2 is 2.14 bits per heavy atom. The van der Waals surface area contributed by atoms with E-state index < -0.39 is 15.6 Å². The Balaban J connectivity index is 0.00000220. The van der Waals surface area contributed by atoms with Gasteiger partial charge in [-0.3, -0.25) is 4.79 Å². The molecule has 0 spiro atoms. The van der Waals surface area contributed by atoms with Crippen molar-refractivity contribution in [3.63, 3.8) is 0 Å². The fourth-order valence-corrected chi connectivity index (χ4v) is 4.02. The minimum Gasteiger partial charge on any atom is -0.340 e. The molecule has 0 aromatic heterocycles. The number of carbonyl (C=O) groups is 1. The normalized spacial score (nSPS) is 18.4. The standard InChI is InChI=1S/C13H17BrN2O3S.ClH/c14-11-3-1-2-10(6-11)8-20(18,19)9-13(17)16-5-4-12(15)7-16;/h1-3,6,12H,4-5,7-9,15H2;1H. The molecule has 0 radical (unpaired) electrons. The van der Waals surface area contributed by atoms with Gasteiger partial charge in [0.2, 0.25) is 5.91 Å². The smallest absolute Gasteiger partial charge is 0.237 e. The lowest BCUT2D eigenvalue weighted by Gasteiger charge is -2.15. The van der Waals surface area contributed by atoms with Gasteiger partial charge >= 0.3 is 0 Å². The first-order chi connectivity index (χ1) is 9.35. The van der Waals surface area contributed by atoms with E-state index in [0.29, 0.717) is 18.7 Å². The summed E-state index contributed by atoms with van der Waals surface area (Å²) in [7, 11) is -3.46. The third-order valence-electron chi connectivity index (χ3n) is 3.20. The van der Waals surface area contributed by atoms with Gasteiger partial charge in [-0.25, -0.2) is 8.42 Å². The van der Waals surface area contributed by atoms with E-state index in [4.69, 9.17) is 5.73 Å². The fraction of sp³-hybridized carbons (Fsp3) is 0.462. The summed E-state index contributed by atoms with van der Waals surface area (Å²) in [5, 5.41) is 0. The van der Waals surface area contributed by atoms with Gasteiger partial charge in [0, 0.05) is 23.6 Å². The molecular formula is C13H18BrClN2O3S. The highest BCUT2D eigenvalue weighted by Gasteiger charge is 2.27. The quantitative estimate of drug-likeness (QED) is 0.831. The molecule has 1 fully saturated rings. The molecule has 5 nitrogen and oxygen atoms in total. The van der Waals surface area contributed by atoms with Crippen LogP contribution in [-0.4, -0.2) is 44.1 Å². The molecule has 1 aliphatic heterocycles. The number of hydrogen-bond donors (Lipinski definition) is 1. The molecule has 0 bridgehead atoms. The number of rotatable bonds is 4. The van der Waals surface area contributed by atoms with Gasteiger partial charge in [-0.15, -0.1) is 12.4 Å². The molecule has 21 heavy (non-hydrogen) atoms. The minimum atomic E-state index is -3.46. The molecule has 118 valence electrons. The first-order valence-electron chi connectivity index (χ1n) is 6.34. The van der Waals surface area contributed by atoms with Crippen molar-refractivity contribution in [3.05, 3.63) is 34.3 Å². The second-order valence-electron chi connectivity index (χ2n) is 5.05. The van der Waals surface area contributed by atoms with E-state index >= 15 is 0 Å². The molecule has 1 aromatic carbocycles. The van der Waals surface area contributed by atoms with Gasteiger partial charge in [0.15, 0.2) is 9.84 Å². The van der Waals surface area contributed by atoms with Gasteiger partial charge in [-0.2, -0.15) is 0 Å². The molecule has 1 atom stereocenters. The second kappa shape index (κ2) is 7.58. The van der Waals surface area contributed by atoms with E-state index in [-0.39, 0.29) is 30.1 Å². The topological polar surface area (TPSA) is 80.5 Å². The van der Waals surface area contributed by atoms with E-state index in [9.17, 15) is 13.2 Å². The summed E-state index contributed by atoms with van der Waals surface area (Å²) >= 11 is 3.30. The van der Waals surface area contributed by atoms with Crippen molar-refractivity contribution in [1.29, 1.82) is 0 Å². The molecule has 1 heterocycles. The Morgan fingerprint density at radius 3 is 2.71 bits per heavy atom. The van der Waals surface area contributed by atoms with Crippen LogP contribution in [0.25, 0.3) is 0 Å². The Labute approximate surface area is 139 Å². The predicted molar refractivity (Wildman–Crippen MR) is 88.1 cm³/mol. The highest BCUT2D eigenvalue weighted by molar-refractivity contribution is 9.10. The molecule has 1 aromatic rings. The van der Waals surface area contributed by atoms with Crippen molar-refractivity contribution in [2.24, 2.45) is 5.73 Å². The molecule has 1 saturated heterocycles. The first kappa shape index (κ1) is 18.4. The summed E-state index contributed by atoms with van der Waals surface area (Å²) in [5.41, 5.74) is 6.39. The summed E-state index contributed by atoms with van der Waals surface area (Å²) in [6, 6.07) is 7.04. The van der Waals surface area contributed by atoms with Crippen LogP contribution in [0.2, 0.25) is 0 Å². The van der Waals surface area contributed by atoms with Crippen LogP contribution in [0.5, 0.6) is 0 Å². The Kier molecular flexibility index (Phi) is 6.65. The van der Waals surface area contributed by atoms with Gasteiger partial charge < -0.3 is 10.6 Å². The molecule has 1 unspecified atom stereocenters. The maximum absolute atomic E-state index is 12.1. The zero-order valence-electron chi connectivity index (χ0n) is 11.4. The summed E-state index contributed by atoms with van der Waals surface area (Å²) in [5.74, 6) is -0.933. The highest BCUT2D eigenvalue weighted by atomic mass is 79.9. The van der Waals surface area contributed by atoms with Crippen molar-refractivity contribution in [2.75, 3.05) is 18.8 Å². The number of nitrogens with zero attached hydrogens (tertiary/aromatic N) is 1. The van der Waals surface area contributed by atoms with Crippen LogP contribution in [0.4, 0.5) is 0 Å². The Bertz CT molecular complexity index is 609. The zero-order valence-corrected chi connectivity index (χ0v) is 14.6. The number of benzene rings is 1. The van der Waals surface area contributed by atoms with Gasteiger partial charge in [0.05, 0.1) is 5.75 Å². The van der Waals surface area contributed by atoms with E-state index in [0.717, 1.165) is 10.9 Å². The number of sulfone groups is 1. The molecule has 0 aliphatic carbocycles. The van der Waals surface area contributed by atoms with Gasteiger partial charge in [0.1, 0.15) is 5.75 Å². The third-order valence-corrected chi connectivity index (χ3v) is 5.15. The number of likely N-dealkylation sites (tertiary alicyclic amines) is 1. The van der Waals surface area contributed by atoms with Crippen LogP contribution in [0.15, 0.2) is 28.7 Å². The van der Waals surface area contributed by atoms with Crippen LogP contribution in [0, 0.1) is 0 Å². The number of nitrogens with two attached hydrogens (primary N) is 1. The van der Waals surface area contributed by atoms with E-state index in [1.807, 2.05) is 6.07 Å². The summed E-state index contributed by atoms with van der Waals surface area (Å²) in [6.45, 7) is 0.998. The van der Waals surface area contributed by atoms with Crippen LogP contribution in [0.3, 0.4) is 0 Å². The average molecular weight is 398 g/mol. The van der Waals surface area contributed by atoms with Crippen molar-refractivity contribution < 1.29 is 13.2 Å². The number of hydrogen-bond acceptors (Lipinski definition) is 4. The molecule has 8 heteroatoms. The molecule has 1 amide bonds. The maximum atomic E-state index is 12.1. The van der Waals surface area contributed by atoms with Gasteiger partial charge in [-0.05, 0) is 24.1 Å². The van der Waals surface area contributed by atoms with E-state index in [1.54, 1.807) is 18.2 Å². The SMILES string of the molecule is Cl.NC1CCN(C(=O)CS(=O)(=O)Cc2cccc(Br)c2)C1. The Hall–Kier alpha value is -0.630. The molecule has 2 N–H and O–H groups in total. The lowest BCUT2D eigenvalue weighted by atomic mass is 10.2. The lowest BCUT2D eigenvalue weighted by Crippen LogP contribution is -2.36. The first-order valence-corrected chi connectivity index (χ1v) is 8.95. The number of carbonyl (C=O) groups excluding carboxylic acids is 1. The highest BCUT2D eigenvalue weighted by Crippen LogP contribution is 2.15. The number of halogens is 2. The second-order valence-corrected chi connectivity index (χ2v) is 8.03. The van der Waals surface area contributed by atoms with Gasteiger partial charge in [0.25, 0.3) is 0 Å². The van der Waals surface area contributed by atoms with E-state index in [1.165, 1.54) is 4.90 Å². The van der Waals surface area contributed by atoms with Crippen LogP contribution in [0.1, 0.15) is 12.0 Å². The maximum Gasteiger partial charge on any atom is 0.237 e. The average Bonchev–Trinajstić information content (AvgIpc) is 2.74. The van der Waals surface area contributed by atoms with E-state index in [2.05, 4.69) is 15.9 Å². The summed E-state index contributed by atoms with van der Waals surface area (Å²) < 4.78 is 25.0. The number of amides is 1. The van der Waals surface area contributed by atoms with Crippen LogP contribution < -0.4 is 5.73 Å². The largest absolute Gasteiger partial charge is 0.340 e. The van der Waals surface area contributed by atoms with Crippen molar-refractivity contribution in [1.82, 2.24) is 4.90 Å². The molecule has 0 saturated carbocycles. The third kappa shape index (κ3) is 5.58.